The molecule has 2 aliphatic heterocycles. The third-order valence-electron chi connectivity index (χ3n) is 5.24. The van der Waals surface area contributed by atoms with Crippen LogP contribution in [0.3, 0.4) is 0 Å². The van der Waals surface area contributed by atoms with E-state index in [1.165, 1.54) is 0 Å². The number of carbonyl (C=O) groups excluding carboxylic acids is 1. The molecule has 0 aliphatic carbocycles. The average molecular weight is 356 g/mol. The highest BCUT2D eigenvalue weighted by molar-refractivity contribution is 5.92. The van der Waals surface area contributed by atoms with Crippen LogP contribution in [0.4, 0.5) is 0 Å². The van der Waals surface area contributed by atoms with Gasteiger partial charge in [-0.15, -0.1) is 0 Å². The molecule has 2 fully saturated rings. The smallest absolute Gasteiger partial charge is 0.289 e. The van der Waals surface area contributed by atoms with Gasteiger partial charge in [-0.25, -0.2) is 0 Å². The second-order valence-electron chi connectivity index (χ2n) is 6.90. The van der Waals surface area contributed by atoms with Crippen molar-refractivity contribution in [3.05, 3.63) is 42.2 Å². The number of ether oxygens (including phenoxy) is 2. The van der Waals surface area contributed by atoms with E-state index in [4.69, 9.17) is 13.9 Å². The summed E-state index contributed by atoms with van der Waals surface area (Å²) in [4.78, 5) is 14.8. The summed E-state index contributed by atoms with van der Waals surface area (Å²) in [5.74, 6) is 1.78. The molecule has 6 nitrogen and oxygen atoms in total. The minimum Gasteiger partial charge on any atom is -0.497 e. The Morgan fingerprint density at radius 3 is 2.65 bits per heavy atom. The molecule has 2 aliphatic rings. The Balaban J connectivity index is 1.48. The molecular weight excluding hydrogens is 332 g/mol. The van der Waals surface area contributed by atoms with E-state index in [-0.39, 0.29) is 11.5 Å². The number of benzene rings is 1. The van der Waals surface area contributed by atoms with Gasteiger partial charge in [-0.1, -0.05) is 0 Å². The average Bonchev–Trinajstić information content (AvgIpc) is 3.18. The van der Waals surface area contributed by atoms with Crippen molar-refractivity contribution in [1.82, 2.24) is 10.2 Å². The maximum atomic E-state index is 12.9. The first-order valence-electron chi connectivity index (χ1n) is 9.07. The standard InChI is InChI=1S/C20H24N2O4/c1-24-16-4-2-15(3-5-16)17-6-7-18(26-17)19(23)22-12-13-25-20(14-22)8-10-21-11-9-20/h2-7,21H,8-14H2,1H3. The van der Waals surface area contributed by atoms with Gasteiger partial charge in [0.25, 0.3) is 5.91 Å². The van der Waals surface area contributed by atoms with Gasteiger partial charge in [0.1, 0.15) is 11.5 Å². The van der Waals surface area contributed by atoms with E-state index in [0.29, 0.717) is 31.2 Å². The highest BCUT2D eigenvalue weighted by Crippen LogP contribution is 2.29. The number of nitrogens with one attached hydrogen (secondary N) is 1. The second-order valence-corrected chi connectivity index (χ2v) is 6.90. The van der Waals surface area contributed by atoms with E-state index in [9.17, 15) is 4.79 Å². The fourth-order valence-corrected chi connectivity index (χ4v) is 3.72. The van der Waals surface area contributed by atoms with Crippen molar-refractivity contribution in [1.29, 1.82) is 0 Å². The first-order chi connectivity index (χ1) is 12.7. The van der Waals surface area contributed by atoms with Gasteiger partial charge in [0.15, 0.2) is 5.76 Å². The maximum absolute atomic E-state index is 12.9. The van der Waals surface area contributed by atoms with Crippen molar-refractivity contribution in [2.75, 3.05) is 39.9 Å². The van der Waals surface area contributed by atoms with Gasteiger partial charge in [-0.2, -0.15) is 0 Å². The summed E-state index contributed by atoms with van der Waals surface area (Å²) in [5, 5.41) is 3.35. The predicted molar refractivity (Wildman–Crippen MR) is 97.4 cm³/mol. The van der Waals surface area contributed by atoms with Crippen LogP contribution in [0.1, 0.15) is 23.4 Å². The summed E-state index contributed by atoms with van der Waals surface area (Å²) < 4.78 is 17.1. The number of rotatable bonds is 3. The third-order valence-corrected chi connectivity index (χ3v) is 5.24. The van der Waals surface area contributed by atoms with Crippen molar-refractivity contribution in [3.63, 3.8) is 0 Å². The van der Waals surface area contributed by atoms with Crippen LogP contribution < -0.4 is 10.1 Å². The van der Waals surface area contributed by atoms with Crippen molar-refractivity contribution in [3.8, 4) is 17.1 Å². The van der Waals surface area contributed by atoms with Crippen LogP contribution in [0.5, 0.6) is 5.75 Å². The SMILES string of the molecule is COc1ccc(-c2ccc(C(=O)N3CCOC4(CCNCC4)C3)o2)cc1. The zero-order chi connectivity index (χ0) is 18.0. The zero-order valence-electron chi connectivity index (χ0n) is 15.0. The van der Waals surface area contributed by atoms with Crippen LogP contribution in [-0.2, 0) is 4.74 Å². The molecule has 1 aromatic heterocycles. The molecule has 0 radical (unpaired) electrons. The van der Waals surface area contributed by atoms with Crippen LogP contribution in [0.2, 0.25) is 0 Å². The minimum atomic E-state index is -0.204. The van der Waals surface area contributed by atoms with Crippen LogP contribution in [0.25, 0.3) is 11.3 Å². The number of hydrogen-bond acceptors (Lipinski definition) is 5. The Bertz CT molecular complexity index is 757. The highest BCUT2D eigenvalue weighted by atomic mass is 16.5. The molecule has 1 amide bonds. The Morgan fingerprint density at radius 2 is 1.92 bits per heavy atom. The lowest BCUT2D eigenvalue weighted by molar-refractivity contribution is -0.114. The first kappa shape index (κ1) is 17.1. The Hall–Kier alpha value is -2.31. The highest BCUT2D eigenvalue weighted by Gasteiger charge is 2.39. The molecular formula is C20H24N2O4. The van der Waals surface area contributed by atoms with E-state index >= 15 is 0 Å². The molecule has 6 heteroatoms. The van der Waals surface area contributed by atoms with Gasteiger partial charge in [-0.3, -0.25) is 4.79 Å². The summed E-state index contributed by atoms with van der Waals surface area (Å²) in [6.07, 6.45) is 1.87. The molecule has 138 valence electrons. The summed E-state index contributed by atoms with van der Waals surface area (Å²) >= 11 is 0. The Kier molecular flexibility index (Phi) is 4.70. The summed E-state index contributed by atoms with van der Waals surface area (Å²) in [5.41, 5.74) is 0.714. The van der Waals surface area contributed by atoms with Gasteiger partial charge >= 0.3 is 0 Å². The number of nitrogens with zero attached hydrogens (tertiary/aromatic N) is 1. The van der Waals surface area contributed by atoms with Crippen molar-refractivity contribution >= 4 is 5.91 Å². The molecule has 2 saturated heterocycles. The molecule has 0 bridgehead atoms. The van der Waals surface area contributed by atoms with Crippen LogP contribution in [0, 0.1) is 0 Å². The predicted octanol–water partition coefficient (Wildman–Crippen LogP) is 2.55. The van der Waals surface area contributed by atoms with E-state index in [1.807, 2.05) is 35.2 Å². The lowest BCUT2D eigenvalue weighted by Crippen LogP contribution is -2.57. The molecule has 2 aromatic rings. The van der Waals surface area contributed by atoms with E-state index in [2.05, 4.69) is 5.32 Å². The number of carbonyl (C=O) groups is 1. The molecule has 26 heavy (non-hydrogen) atoms. The number of morpholine rings is 1. The van der Waals surface area contributed by atoms with Crippen LogP contribution in [-0.4, -0.2) is 56.3 Å². The molecule has 0 saturated carbocycles. The molecule has 1 aromatic carbocycles. The molecule has 3 heterocycles. The molecule has 1 spiro atoms. The molecule has 4 rings (SSSR count). The summed E-state index contributed by atoms with van der Waals surface area (Å²) in [7, 11) is 1.64. The second kappa shape index (κ2) is 7.13. The van der Waals surface area contributed by atoms with Crippen molar-refractivity contribution in [2.45, 2.75) is 18.4 Å². The fourth-order valence-electron chi connectivity index (χ4n) is 3.72. The lowest BCUT2D eigenvalue weighted by atomic mass is 9.90. The van der Waals surface area contributed by atoms with Crippen LogP contribution >= 0.6 is 0 Å². The minimum absolute atomic E-state index is 0.0639. The van der Waals surface area contributed by atoms with Crippen molar-refractivity contribution in [2.24, 2.45) is 0 Å². The fraction of sp³-hybridized carbons (Fsp3) is 0.450. The van der Waals surface area contributed by atoms with Gasteiger partial charge in [0, 0.05) is 12.1 Å². The molecule has 0 unspecified atom stereocenters. The van der Waals surface area contributed by atoms with Crippen LogP contribution in [0.15, 0.2) is 40.8 Å². The number of piperidine rings is 1. The van der Waals surface area contributed by atoms with Crippen molar-refractivity contribution < 1.29 is 18.7 Å². The number of methoxy groups -OCH3 is 1. The third kappa shape index (κ3) is 3.34. The number of furan rings is 1. The molecule has 0 atom stereocenters. The normalized spacial score (nSPS) is 19.5. The Labute approximate surface area is 153 Å². The Morgan fingerprint density at radius 1 is 1.15 bits per heavy atom. The summed E-state index contributed by atoms with van der Waals surface area (Å²) in [6.45, 7) is 3.69. The van der Waals surface area contributed by atoms with E-state index < -0.39 is 0 Å². The topological polar surface area (TPSA) is 63.9 Å². The number of amides is 1. The quantitative estimate of drug-likeness (QED) is 0.916. The van der Waals surface area contributed by atoms with Gasteiger partial charge < -0.3 is 24.1 Å². The van der Waals surface area contributed by atoms with Gasteiger partial charge in [-0.05, 0) is 62.3 Å². The molecule has 1 N–H and O–H groups in total. The summed E-state index contributed by atoms with van der Waals surface area (Å²) in [6, 6.07) is 11.2. The largest absolute Gasteiger partial charge is 0.497 e. The number of hydrogen-bond donors (Lipinski definition) is 1. The van der Waals surface area contributed by atoms with E-state index in [0.717, 1.165) is 37.2 Å². The van der Waals surface area contributed by atoms with Gasteiger partial charge in [0.2, 0.25) is 0 Å². The monoisotopic (exact) mass is 356 g/mol. The first-order valence-corrected chi connectivity index (χ1v) is 9.07. The van der Waals surface area contributed by atoms with Gasteiger partial charge in [0.05, 0.1) is 25.9 Å². The lowest BCUT2D eigenvalue weighted by Gasteiger charge is -2.44. The zero-order valence-corrected chi connectivity index (χ0v) is 15.0. The maximum Gasteiger partial charge on any atom is 0.289 e. The van der Waals surface area contributed by atoms with E-state index in [1.54, 1.807) is 13.2 Å².